The van der Waals surface area contributed by atoms with Gasteiger partial charge in [-0.05, 0) is 86.6 Å². The van der Waals surface area contributed by atoms with Gasteiger partial charge in [0.2, 0.25) is 5.91 Å². The molecule has 1 aliphatic carbocycles. The van der Waals surface area contributed by atoms with Crippen LogP contribution in [-0.4, -0.2) is 38.6 Å². The molecule has 2 heterocycles. The summed E-state index contributed by atoms with van der Waals surface area (Å²) >= 11 is 1.37. The van der Waals surface area contributed by atoms with Crippen LogP contribution in [-0.2, 0) is 28.9 Å². The molecule has 0 saturated carbocycles. The third kappa shape index (κ3) is 4.96. The zero-order valence-electron chi connectivity index (χ0n) is 18.6. The highest BCUT2D eigenvalue weighted by Gasteiger charge is 2.25. The van der Waals surface area contributed by atoms with E-state index in [1.165, 1.54) is 41.4 Å². The number of rotatable bonds is 7. The van der Waals surface area contributed by atoms with Gasteiger partial charge in [-0.2, -0.15) is 0 Å². The third-order valence-corrected chi connectivity index (χ3v) is 7.33. The van der Waals surface area contributed by atoms with Gasteiger partial charge in [-0.3, -0.25) is 9.36 Å². The molecule has 0 bridgehead atoms. The van der Waals surface area contributed by atoms with Gasteiger partial charge >= 0.3 is 0 Å². The Labute approximate surface area is 196 Å². The topological polar surface area (TPSA) is 69.0 Å². The van der Waals surface area contributed by atoms with Crippen molar-refractivity contribution in [3.05, 3.63) is 59.4 Å². The second kappa shape index (κ2) is 9.65. The van der Waals surface area contributed by atoms with Crippen molar-refractivity contribution < 1.29 is 13.9 Å². The fourth-order valence-corrected chi connectivity index (χ4v) is 5.31. The number of hydrogen-bond donors (Lipinski definition) is 1. The molecule has 172 valence electrons. The average molecular weight is 467 g/mol. The standard InChI is InChI=1S/C25H27FN4O2S/c1-16(24(31)27-21-12-9-17-4-2-5-19(17)14-21)33-25-29-28-23(18-7-10-20(26)11-8-18)30(25)15-22-6-3-13-32-22/h7-12,14,16,22H,2-6,13,15H2,1H3,(H,27,31)/t16-,22-/m1/s1. The van der Waals surface area contributed by atoms with Gasteiger partial charge in [0.15, 0.2) is 11.0 Å². The molecule has 2 aliphatic rings. The van der Waals surface area contributed by atoms with E-state index in [1.54, 1.807) is 12.1 Å². The lowest BCUT2D eigenvalue weighted by Gasteiger charge is -2.17. The van der Waals surface area contributed by atoms with Crippen LogP contribution in [0.5, 0.6) is 0 Å². The maximum atomic E-state index is 13.4. The number of nitrogens with zero attached hydrogens (tertiary/aromatic N) is 3. The highest BCUT2D eigenvalue weighted by Crippen LogP contribution is 2.30. The van der Waals surface area contributed by atoms with E-state index in [9.17, 15) is 9.18 Å². The molecular formula is C25H27FN4O2S. The predicted octanol–water partition coefficient (Wildman–Crippen LogP) is 4.87. The van der Waals surface area contributed by atoms with Gasteiger partial charge in [0, 0.05) is 17.9 Å². The number of halogens is 1. The van der Waals surface area contributed by atoms with Gasteiger partial charge in [-0.25, -0.2) is 4.39 Å². The smallest absolute Gasteiger partial charge is 0.237 e. The van der Waals surface area contributed by atoms with E-state index in [2.05, 4.69) is 27.6 Å². The molecule has 1 saturated heterocycles. The number of aryl methyl sites for hydroxylation is 2. The lowest BCUT2D eigenvalue weighted by atomic mass is 10.1. The molecule has 1 aliphatic heterocycles. The molecule has 33 heavy (non-hydrogen) atoms. The third-order valence-electron chi connectivity index (χ3n) is 6.25. The summed E-state index contributed by atoms with van der Waals surface area (Å²) in [5, 5.41) is 12.1. The van der Waals surface area contributed by atoms with Crippen molar-refractivity contribution in [1.29, 1.82) is 0 Å². The highest BCUT2D eigenvalue weighted by atomic mass is 32.2. The van der Waals surface area contributed by atoms with Crippen molar-refractivity contribution in [3.8, 4) is 11.4 Å². The average Bonchev–Trinajstić information content (AvgIpc) is 3.57. The number of anilines is 1. The summed E-state index contributed by atoms with van der Waals surface area (Å²) in [6, 6.07) is 12.4. The van der Waals surface area contributed by atoms with Crippen molar-refractivity contribution in [3.63, 3.8) is 0 Å². The van der Waals surface area contributed by atoms with Crippen LogP contribution in [0.4, 0.5) is 10.1 Å². The van der Waals surface area contributed by atoms with Crippen LogP contribution in [0.1, 0.15) is 37.3 Å². The summed E-state index contributed by atoms with van der Waals surface area (Å²) in [7, 11) is 0. The van der Waals surface area contributed by atoms with Crippen LogP contribution >= 0.6 is 11.8 Å². The molecule has 0 radical (unpaired) electrons. The quantitative estimate of drug-likeness (QED) is 0.503. The van der Waals surface area contributed by atoms with Gasteiger partial charge < -0.3 is 10.1 Å². The van der Waals surface area contributed by atoms with Gasteiger partial charge in [0.1, 0.15) is 5.82 Å². The summed E-state index contributed by atoms with van der Waals surface area (Å²) in [4.78, 5) is 12.9. The van der Waals surface area contributed by atoms with Crippen LogP contribution in [0.15, 0.2) is 47.6 Å². The van der Waals surface area contributed by atoms with Gasteiger partial charge in [0.25, 0.3) is 0 Å². The Morgan fingerprint density at radius 2 is 2.00 bits per heavy atom. The fourth-order valence-electron chi connectivity index (χ4n) is 4.45. The minimum atomic E-state index is -0.369. The Morgan fingerprint density at radius 1 is 1.18 bits per heavy atom. The molecule has 0 unspecified atom stereocenters. The largest absolute Gasteiger partial charge is 0.376 e. The Balaban J connectivity index is 1.34. The Hall–Kier alpha value is -2.71. The van der Waals surface area contributed by atoms with Crippen LogP contribution < -0.4 is 5.32 Å². The van der Waals surface area contributed by atoms with E-state index in [1.807, 2.05) is 17.6 Å². The van der Waals surface area contributed by atoms with E-state index < -0.39 is 0 Å². The first-order valence-corrected chi connectivity index (χ1v) is 12.3. The van der Waals surface area contributed by atoms with E-state index in [0.717, 1.165) is 43.5 Å². The summed E-state index contributed by atoms with van der Waals surface area (Å²) in [6.07, 6.45) is 5.44. The first-order valence-electron chi connectivity index (χ1n) is 11.5. The van der Waals surface area contributed by atoms with E-state index in [-0.39, 0.29) is 23.1 Å². The molecule has 3 aromatic rings. The van der Waals surface area contributed by atoms with Crippen molar-refractivity contribution in [2.45, 2.75) is 62.1 Å². The zero-order valence-corrected chi connectivity index (χ0v) is 19.4. The van der Waals surface area contributed by atoms with E-state index in [0.29, 0.717) is 17.5 Å². The number of ether oxygens (including phenoxy) is 1. The molecule has 1 N–H and O–H groups in total. The number of hydrogen-bond acceptors (Lipinski definition) is 5. The summed E-state index contributed by atoms with van der Waals surface area (Å²) in [5.41, 5.74) is 4.32. The molecule has 8 heteroatoms. The number of fused-ring (bicyclic) bond motifs is 1. The maximum Gasteiger partial charge on any atom is 0.237 e. The normalized spacial score (nSPS) is 18.3. The molecule has 1 amide bonds. The monoisotopic (exact) mass is 466 g/mol. The van der Waals surface area contributed by atoms with Crippen LogP contribution in [0.2, 0.25) is 0 Å². The van der Waals surface area contributed by atoms with Crippen molar-refractivity contribution in [2.24, 2.45) is 0 Å². The molecule has 6 nitrogen and oxygen atoms in total. The number of carbonyl (C=O) groups is 1. The molecule has 2 atom stereocenters. The molecule has 0 spiro atoms. The number of thioether (sulfide) groups is 1. The van der Waals surface area contributed by atoms with Gasteiger partial charge in [0.05, 0.1) is 17.9 Å². The van der Waals surface area contributed by atoms with Crippen LogP contribution in [0, 0.1) is 5.82 Å². The molecular weight excluding hydrogens is 439 g/mol. The second-order valence-electron chi connectivity index (χ2n) is 8.65. The molecule has 2 aromatic carbocycles. The lowest BCUT2D eigenvalue weighted by Crippen LogP contribution is -2.23. The zero-order chi connectivity index (χ0) is 22.8. The van der Waals surface area contributed by atoms with Crippen LogP contribution in [0.25, 0.3) is 11.4 Å². The Bertz CT molecular complexity index is 1140. The van der Waals surface area contributed by atoms with Crippen molar-refractivity contribution >= 4 is 23.4 Å². The SMILES string of the molecule is C[C@@H](Sc1nnc(-c2ccc(F)cc2)n1C[C@H]1CCCO1)C(=O)Nc1ccc2c(c1)CCC2. The Kier molecular flexibility index (Phi) is 6.46. The van der Waals surface area contributed by atoms with Gasteiger partial charge in [-0.15, -0.1) is 10.2 Å². The molecule has 1 aromatic heterocycles. The first kappa shape index (κ1) is 22.1. The van der Waals surface area contributed by atoms with Crippen LogP contribution in [0.3, 0.4) is 0 Å². The highest BCUT2D eigenvalue weighted by molar-refractivity contribution is 8.00. The van der Waals surface area contributed by atoms with E-state index in [4.69, 9.17) is 4.74 Å². The van der Waals surface area contributed by atoms with E-state index >= 15 is 0 Å². The minimum Gasteiger partial charge on any atom is -0.376 e. The Morgan fingerprint density at radius 3 is 2.79 bits per heavy atom. The number of carbonyl (C=O) groups excluding carboxylic acids is 1. The number of amides is 1. The van der Waals surface area contributed by atoms with Crippen molar-refractivity contribution in [2.75, 3.05) is 11.9 Å². The maximum absolute atomic E-state index is 13.4. The summed E-state index contributed by atoms with van der Waals surface area (Å²) in [6.45, 7) is 3.22. The number of aromatic nitrogens is 3. The first-order chi connectivity index (χ1) is 16.1. The molecule has 5 rings (SSSR count). The van der Waals surface area contributed by atoms with Gasteiger partial charge in [-0.1, -0.05) is 17.8 Å². The lowest BCUT2D eigenvalue weighted by molar-refractivity contribution is -0.115. The minimum absolute atomic E-state index is 0.0760. The predicted molar refractivity (Wildman–Crippen MR) is 127 cm³/mol. The fraction of sp³-hybridized carbons (Fsp3) is 0.400. The summed E-state index contributed by atoms with van der Waals surface area (Å²) in [5.74, 6) is 0.280. The summed E-state index contributed by atoms with van der Waals surface area (Å²) < 4.78 is 21.3. The molecule has 1 fully saturated rings. The van der Waals surface area contributed by atoms with Crippen molar-refractivity contribution in [1.82, 2.24) is 14.8 Å². The number of benzene rings is 2. The second-order valence-corrected chi connectivity index (χ2v) is 9.95. The number of nitrogens with one attached hydrogen (secondary N) is 1.